The molecule has 0 aliphatic rings. The van der Waals surface area contributed by atoms with Crippen LogP contribution in [0.1, 0.15) is 30.7 Å². The Labute approximate surface area is 124 Å². The summed E-state index contributed by atoms with van der Waals surface area (Å²) >= 11 is 1.71. The second-order valence-electron chi connectivity index (χ2n) is 5.13. The summed E-state index contributed by atoms with van der Waals surface area (Å²) in [5.41, 5.74) is 1.15. The predicted octanol–water partition coefficient (Wildman–Crippen LogP) is 3.99. The highest BCUT2D eigenvalue weighted by atomic mass is 32.1. The van der Waals surface area contributed by atoms with E-state index in [9.17, 15) is 4.39 Å². The van der Waals surface area contributed by atoms with Crippen molar-refractivity contribution in [2.75, 3.05) is 20.1 Å². The largest absolute Gasteiger partial charge is 0.312 e. The van der Waals surface area contributed by atoms with Gasteiger partial charge < -0.3 is 10.2 Å². The van der Waals surface area contributed by atoms with E-state index in [-0.39, 0.29) is 5.82 Å². The number of thiophene rings is 1. The highest BCUT2D eigenvalue weighted by molar-refractivity contribution is 7.19. The number of hydrogen-bond acceptors (Lipinski definition) is 3. The fourth-order valence-electron chi connectivity index (χ4n) is 2.50. The molecule has 0 fully saturated rings. The van der Waals surface area contributed by atoms with E-state index in [1.54, 1.807) is 23.5 Å². The molecule has 20 heavy (non-hydrogen) atoms. The lowest BCUT2D eigenvalue weighted by Gasteiger charge is -2.16. The van der Waals surface area contributed by atoms with Crippen molar-refractivity contribution in [2.45, 2.75) is 33.4 Å². The van der Waals surface area contributed by atoms with E-state index < -0.39 is 0 Å². The maximum atomic E-state index is 14.2. The number of hydrogen-bond donors (Lipinski definition) is 1. The van der Waals surface area contributed by atoms with Crippen LogP contribution in [0.25, 0.3) is 10.1 Å². The predicted molar refractivity (Wildman–Crippen MR) is 85.8 cm³/mol. The molecule has 0 aliphatic carbocycles. The molecular weight excluding hydrogens is 271 g/mol. The molecule has 110 valence electrons. The van der Waals surface area contributed by atoms with Crippen molar-refractivity contribution >= 4 is 21.4 Å². The second-order valence-corrected chi connectivity index (χ2v) is 6.27. The zero-order valence-electron chi connectivity index (χ0n) is 12.5. The van der Waals surface area contributed by atoms with Crippen LogP contribution in [0, 0.1) is 5.82 Å². The molecule has 1 heterocycles. The van der Waals surface area contributed by atoms with E-state index in [2.05, 4.69) is 31.1 Å². The second kappa shape index (κ2) is 7.16. The van der Waals surface area contributed by atoms with Crippen LogP contribution in [-0.4, -0.2) is 25.0 Å². The van der Waals surface area contributed by atoms with Crippen molar-refractivity contribution in [3.63, 3.8) is 0 Å². The molecule has 0 spiro atoms. The third-order valence-corrected chi connectivity index (χ3v) is 4.61. The maximum absolute atomic E-state index is 14.2. The van der Waals surface area contributed by atoms with Crippen LogP contribution in [-0.2, 0) is 13.1 Å². The number of nitrogens with one attached hydrogen (secondary N) is 1. The monoisotopic (exact) mass is 294 g/mol. The fourth-order valence-corrected chi connectivity index (χ4v) is 3.69. The van der Waals surface area contributed by atoms with Gasteiger partial charge in [0.05, 0.1) is 0 Å². The highest BCUT2D eigenvalue weighted by Crippen LogP contribution is 2.34. The zero-order chi connectivity index (χ0) is 14.5. The molecule has 2 rings (SSSR count). The number of halogens is 1. The number of nitrogens with zero attached hydrogens (tertiary/aromatic N) is 1. The van der Waals surface area contributed by atoms with Gasteiger partial charge in [0.2, 0.25) is 0 Å². The molecule has 0 bridgehead atoms. The van der Waals surface area contributed by atoms with Crippen LogP contribution < -0.4 is 5.32 Å². The van der Waals surface area contributed by atoms with Crippen LogP contribution in [0.5, 0.6) is 0 Å². The normalized spacial score (nSPS) is 11.7. The number of fused-ring (bicyclic) bond motifs is 1. The lowest BCUT2D eigenvalue weighted by molar-refractivity contribution is 0.327. The summed E-state index contributed by atoms with van der Waals surface area (Å²) in [6.07, 6.45) is 1.11. The van der Waals surface area contributed by atoms with Crippen molar-refractivity contribution in [3.05, 3.63) is 34.5 Å². The van der Waals surface area contributed by atoms with Gasteiger partial charge >= 0.3 is 0 Å². The molecule has 1 aromatic carbocycles. The van der Waals surface area contributed by atoms with E-state index in [1.807, 2.05) is 6.07 Å². The molecule has 0 saturated heterocycles. The van der Waals surface area contributed by atoms with Gasteiger partial charge in [-0.25, -0.2) is 4.39 Å². The van der Waals surface area contributed by atoms with E-state index in [4.69, 9.17) is 0 Å². The summed E-state index contributed by atoms with van der Waals surface area (Å²) in [6.45, 7) is 7.87. The summed E-state index contributed by atoms with van der Waals surface area (Å²) in [4.78, 5) is 3.53. The quantitative estimate of drug-likeness (QED) is 0.830. The Bertz CT molecular complexity index is 565. The van der Waals surface area contributed by atoms with Gasteiger partial charge in [0.25, 0.3) is 0 Å². The summed E-state index contributed by atoms with van der Waals surface area (Å²) in [5, 5.41) is 4.17. The van der Waals surface area contributed by atoms with Crippen LogP contribution in [0.3, 0.4) is 0 Å². The first-order valence-electron chi connectivity index (χ1n) is 7.25. The van der Waals surface area contributed by atoms with Crippen LogP contribution in [0.15, 0.2) is 18.2 Å². The fraction of sp³-hybridized carbons (Fsp3) is 0.500. The first-order chi connectivity index (χ1) is 9.67. The Kier molecular flexibility index (Phi) is 5.52. The smallest absolute Gasteiger partial charge is 0.132 e. The SMILES string of the molecule is CCCN(C)Cc1c(CNCC)sc2cccc(F)c12. The molecule has 0 radical (unpaired) electrons. The Morgan fingerprint density at radius 2 is 2.10 bits per heavy atom. The van der Waals surface area contributed by atoms with Gasteiger partial charge in [-0.05, 0) is 44.3 Å². The molecule has 2 nitrogen and oxygen atoms in total. The Hall–Kier alpha value is -0.970. The molecule has 0 unspecified atom stereocenters. The van der Waals surface area contributed by atoms with Crippen molar-refractivity contribution < 1.29 is 4.39 Å². The minimum Gasteiger partial charge on any atom is -0.312 e. The first-order valence-corrected chi connectivity index (χ1v) is 8.07. The van der Waals surface area contributed by atoms with E-state index in [0.29, 0.717) is 0 Å². The summed E-state index contributed by atoms with van der Waals surface area (Å²) < 4.78 is 15.2. The van der Waals surface area contributed by atoms with Gasteiger partial charge in [-0.1, -0.05) is 19.9 Å². The molecule has 0 amide bonds. The Balaban J connectivity index is 2.40. The molecular formula is C16H23FN2S. The van der Waals surface area contributed by atoms with Gasteiger partial charge in [-0.3, -0.25) is 0 Å². The minimum absolute atomic E-state index is 0.0959. The van der Waals surface area contributed by atoms with E-state index in [0.717, 1.165) is 48.2 Å². The van der Waals surface area contributed by atoms with Crippen molar-refractivity contribution in [1.29, 1.82) is 0 Å². The lowest BCUT2D eigenvalue weighted by atomic mass is 10.1. The summed E-state index contributed by atoms with van der Waals surface area (Å²) in [5.74, 6) is -0.0959. The van der Waals surface area contributed by atoms with Crippen LogP contribution >= 0.6 is 11.3 Å². The van der Waals surface area contributed by atoms with Crippen molar-refractivity contribution in [1.82, 2.24) is 10.2 Å². The number of benzene rings is 1. The van der Waals surface area contributed by atoms with Gasteiger partial charge in [-0.15, -0.1) is 11.3 Å². The molecule has 4 heteroatoms. The van der Waals surface area contributed by atoms with Gasteiger partial charge in [0, 0.05) is 28.1 Å². The highest BCUT2D eigenvalue weighted by Gasteiger charge is 2.16. The third-order valence-electron chi connectivity index (χ3n) is 3.42. The summed E-state index contributed by atoms with van der Waals surface area (Å²) in [6, 6.07) is 5.38. The molecule has 1 N–H and O–H groups in total. The van der Waals surface area contributed by atoms with Crippen molar-refractivity contribution in [2.24, 2.45) is 0 Å². The topological polar surface area (TPSA) is 15.3 Å². The maximum Gasteiger partial charge on any atom is 0.132 e. The van der Waals surface area contributed by atoms with Crippen LogP contribution in [0.2, 0.25) is 0 Å². The average molecular weight is 294 g/mol. The standard InChI is InChI=1S/C16H23FN2S/c1-4-9-19(3)11-12-15(10-18-5-2)20-14-8-6-7-13(17)16(12)14/h6-8,18H,4-5,9-11H2,1-3H3. The molecule has 0 aliphatic heterocycles. The van der Waals surface area contributed by atoms with Gasteiger partial charge in [-0.2, -0.15) is 0 Å². The minimum atomic E-state index is -0.0959. The Morgan fingerprint density at radius 3 is 2.80 bits per heavy atom. The van der Waals surface area contributed by atoms with Crippen LogP contribution in [0.4, 0.5) is 4.39 Å². The molecule has 2 aromatic rings. The van der Waals surface area contributed by atoms with E-state index >= 15 is 0 Å². The van der Waals surface area contributed by atoms with Gasteiger partial charge in [0.15, 0.2) is 0 Å². The Morgan fingerprint density at radius 1 is 1.30 bits per heavy atom. The zero-order valence-corrected chi connectivity index (χ0v) is 13.3. The first kappa shape index (κ1) is 15.4. The van der Waals surface area contributed by atoms with E-state index in [1.165, 1.54) is 4.88 Å². The van der Waals surface area contributed by atoms with Gasteiger partial charge in [0.1, 0.15) is 5.82 Å². The number of rotatable bonds is 7. The molecule has 1 aromatic heterocycles. The van der Waals surface area contributed by atoms with Crippen molar-refractivity contribution in [3.8, 4) is 0 Å². The molecule has 0 saturated carbocycles. The average Bonchev–Trinajstić information content (AvgIpc) is 2.76. The molecule has 0 atom stereocenters. The third kappa shape index (κ3) is 3.37. The lowest BCUT2D eigenvalue weighted by Crippen LogP contribution is -2.20. The summed E-state index contributed by atoms with van der Waals surface area (Å²) in [7, 11) is 2.10.